The quantitative estimate of drug-likeness (QED) is 0.0388. The molecule has 2 fully saturated rings. The number of amides is 9. The molecule has 0 aromatic heterocycles. The first-order valence-corrected chi connectivity index (χ1v) is 23.1. The zero-order chi connectivity index (χ0) is 50.2. The zero-order valence-electron chi connectivity index (χ0n) is 39.6. The van der Waals surface area contributed by atoms with Crippen LogP contribution in [0.5, 0.6) is 0 Å². The van der Waals surface area contributed by atoms with Crippen molar-refractivity contribution in [1.82, 2.24) is 41.6 Å². The molecule has 0 atom stereocenters. The molecule has 384 valence electrons. The van der Waals surface area contributed by atoms with Crippen molar-refractivity contribution in [3.8, 4) is 0 Å². The second-order valence-electron chi connectivity index (χ2n) is 16.5. The van der Waals surface area contributed by atoms with Crippen LogP contribution in [0.25, 0.3) is 0 Å². The van der Waals surface area contributed by atoms with Gasteiger partial charge in [0.15, 0.2) is 0 Å². The van der Waals surface area contributed by atoms with Gasteiger partial charge in [-0.25, -0.2) is 14.4 Å². The number of hydrogen-bond acceptors (Lipinski definition) is 18. The highest BCUT2D eigenvalue weighted by atomic mass is 16.7. The number of alkyl carbamates (subject to hydrolysis) is 1. The molecule has 2 rings (SSSR count). The van der Waals surface area contributed by atoms with Crippen molar-refractivity contribution in [1.29, 1.82) is 0 Å². The molecule has 2 saturated heterocycles. The van der Waals surface area contributed by atoms with Gasteiger partial charge in [0.05, 0.1) is 26.4 Å². The zero-order valence-corrected chi connectivity index (χ0v) is 39.6. The van der Waals surface area contributed by atoms with Crippen LogP contribution in [0.4, 0.5) is 4.79 Å². The third-order valence-electron chi connectivity index (χ3n) is 9.46. The number of ether oxygens (including phenoxy) is 4. The second-order valence-corrected chi connectivity index (χ2v) is 16.5. The van der Waals surface area contributed by atoms with E-state index in [4.69, 9.17) is 28.6 Å². The van der Waals surface area contributed by atoms with E-state index in [1.54, 1.807) is 20.8 Å². The van der Waals surface area contributed by atoms with Gasteiger partial charge in [0.25, 0.3) is 23.6 Å². The molecule has 2 aliphatic heterocycles. The minimum Gasteiger partial charge on any atom is -0.444 e. The molecule has 25 nitrogen and oxygen atoms in total. The van der Waals surface area contributed by atoms with E-state index in [1.807, 2.05) is 4.90 Å². The average molecular weight is 971 g/mol. The van der Waals surface area contributed by atoms with Gasteiger partial charge in [-0.05, 0) is 46.5 Å². The summed E-state index contributed by atoms with van der Waals surface area (Å²) in [5.74, 6) is -5.22. The van der Waals surface area contributed by atoms with Crippen LogP contribution in [-0.2, 0) is 76.6 Å². The van der Waals surface area contributed by atoms with Gasteiger partial charge in [-0.3, -0.25) is 38.4 Å². The second kappa shape index (κ2) is 33.6. The summed E-state index contributed by atoms with van der Waals surface area (Å²) in [5.41, 5.74) is -0.560. The van der Waals surface area contributed by atoms with Crippen molar-refractivity contribution < 1.29 is 81.4 Å². The Morgan fingerprint density at radius 1 is 0.456 bits per heavy atom. The number of nitrogens with zero attached hydrogens (tertiary/aromatic N) is 3. The first kappa shape index (κ1) is 58.3. The van der Waals surface area contributed by atoms with Crippen LogP contribution in [-0.4, -0.2) is 178 Å². The normalized spacial score (nSPS) is 13.7. The fourth-order valence-electron chi connectivity index (χ4n) is 6.02. The Kier molecular flexibility index (Phi) is 28.9. The van der Waals surface area contributed by atoms with E-state index in [9.17, 15) is 52.7 Å². The monoisotopic (exact) mass is 970 g/mol. The Labute approximate surface area is 395 Å². The molecule has 0 bridgehead atoms. The lowest BCUT2D eigenvalue weighted by Crippen LogP contribution is -2.38. The maximum absolute atomic E-state index is 12.7. The highest BCUT2D eigenvalue weighted by molar-refractivity contribution is 6.02. The van der Waals surface area contributed by atoms with Gasteiger partial charge < -0.3 is 60.1 Å². The smallest absolute Gasteiger partial charge is 0.407 e. The summed E-state index contributed by atoms with van der Waals surface area (Å²) >= 11 is 0. The van der Waals surface area contributed by atoms with Crippen LogP contribution in [0, 0.1) is 0 Å². The van der Waals surface area contributed by atoms with E-state index < -0.39 is 47.3 Å². The Morgan fingerprint density at radius 3 is 1.22 bits per heavy atom. The number of carbonyl (C=O) groups is 11. The van der Waals surface area contributed by atoms with Crippen molar-refractivity contribution in [3.05, 3.63) is 0 Å². The summed E-state index contributed by atoms with van der Waals surface area (Å²) in [7, 11) is 0. The highest BCUT2D eigenvalue weighted by Crippen LogP contribution is 2.14. The number of hydrogen-bond donors (Lipinski definition) is 5. The molecule has 0 saturated carbocycles. The van der Waals surface area contributed by atoms with Gasteiger partial charge in [-0.2, -0.15) is 0 Å². The van der Waals surface area contributed by atoms with E-state index in [0.29, 0.717) is 88.8 Å². The lowest BCUT2D eigenvalue weighted by molar-refractivity contribution is -0.197. The highest BCUT2D eigenvalue weighted by Gasteiger charge is 2.33. The summed E-state index contributed by atoms with van der Waals surface area (Å²) < 4.78 is 21.9. The van der Waals surface area contributed by atoms with Crippen LogP contribution >= 0.6 is 0 Å². The lowest BCUT2D eigenvalue weighted by Gasteiger charge is -2.22. The van der Waals surface area contributed by atoms with E-state index in [2.05, 4.69) is 26.6 Å². The van der Waals surface area contributed by atoms with Gasteiger partial charge in [0, 0.05) is 130 Å². The molecule has 9 amide bonds. The minimum absolute atomic E-state index is 0.0113. The number of imide groups is 2. The SMILES string of the molecule is CC(C)(C)OC(=O)NCCCOCCOCCOCCCN(CCC(=O)NCCNC(=O)CCCC(=O)ON1C(=O)CCC1=O)CCC(=O)NCCNC(=O)CCCC(=O)ON1C(=O)CCC1=O. The lowest BCUT2D eigenvalue weighted by atomic mass is 10.2. The Balaban J connectivity index is 1.63. The molecular formula is C43H70N8O17. The third-order valence-corrected chi connectivity index (χ3v) is 9.46. The molecule has 0 aromatic carbocycles. The number of rotatable bonds is 36. The summed E-state index contributed by atoms with van der Waals surface area (Å²) in [6.45, 7) is 9.85. The summed E-state index contributed by atoms with van der Waals surface area (Å²) in [4.78, 5) is 143. The molecule has 0 unspecified atom stereocenters. The van der Waals surface area contributed by atoms with Gasteiger partial charge in [-0.15, -0.1) is 10.1 Å². The van der Waals surface area contributed by atoms with Crippen molar-refractivity contribution in [2.24, 2.45) is 0 Å². The van der Waals surface area contributed by atoms with Crippen LogP contribution < -0.4 is 26.6 Å². The Bertz CT molecular complexity index is 1570. The molecule has 68 heavy (non-hydrogen) atoms. The first-order valence-electron chi connectivity index (χ1n) is 23.1. The number of nitrogens with one attached hydrogen (secondary N) is 5. The number of carbonyl (C=O) groups excluding carboxylic acids is 11. The van der Waals surface area contributed by atoms with Crippen molar-refractivity contribution >= 4 is 65.3 Å². The molecular weight excluding hydrogens is 901 g/mol. The maximum Gasteiger partial charge on any atom is 0.407 e. The Morgan fingerprint density at radius 2 is 0.824 bits per heavy atom. The van der Waals surface area contributed by atoms with Crippen molar-refractivity contribution in [2.75, 3.05) is 92.0 Å². The molecule has 0 spiro atoms. The van der Waals surface area contributed by atoms with Gasteiger partial charge >= 0.3 is 18.0 Å². The van der Waals surface area contributed by atoms with Crippen LogP contribution in [0.2, 0.25) is 0 Å². The van der Waals surface area contributed by atoms with Crippen LogP contribution in [0.3, 0.4) is 0 Å². The fraction of sp³-hybridized carbons (Fsp3) is 0.744. The van der Waals surface area contributed by atoms with Gasteiger partial charge in [0.2, 0.25) is 23.6 Å². The standard InChI is InChI=1S/C43H70N8O17/c1-43(2,3)66-42(62)48-18-6-26-63-28-30-65-31-29-64-27-7-23-49(24-16-34(54)46-21-19-44-32(52)8-4-10-40(60)67-50-36(56)12-13-37(50)57)25-17-35(55)47-22-20-45-33(53)9-5-11-41(61)68-51-38(58)14-15-39(51)59/h4-31H2,1-3H3,(H,44,52)(H,45,53)(H,46,54)(H,47,55)(H,48,62). The van der Waals surface area contributed by atoms with Crippen molar-refractivity contribution in [3.63, 3.8) is 0 Å². The van der Waals surface area contributed by atoms with Crippen LogP contribution in [0.15, 0.2) is 0 Å². The third kappa shape index (κ3) is 28.4. The largest absolute Gasteiger partial charge is 0.444 e. The topological polar surface area (TPSA) is 313 Å². The van der Waals surface area contributed by atoms with Gasteiger partial charge in [-0.1, -0.05) is 0 Å². The Hall–Kier alpha value is -5.79. The first-order chi connectivity index (χ1) is 32.4. The van der Waals surface area contributed by atoms with Gasteiger partial charge in [0.1, 0.15) is 5.60 Å². The molecule has 25 heteroatoms. The van der Waals surface area contributed by atoms with Crippen molar-refractivity contribution in [2.45, 2.75) is 116 Å². The van der Waals surface area contributed by atoms with E-state index in [-0.39, 0.29) is 127 Å². The van der Waals surface area contributed by atoms with Crippen LogP contribution in [0.1, 0.15) is 111 Å². The summed E-state index contributed by atoms with van der Waals surface area (Å²) in [6, 6.07) is 0. The predicted octanol–water partition coefficient (Wildman–Crippen LogP) is -0.557. The molecule has 2 aliphatic rings. The fourth-order valence-corrected chi connectivity index (χ4v) is 6.02. The molecule has 5 N–H and O–H groups in total. The average Bonchev–Trinajstić information content (AvgIpc) is 3.76. The molecule has 0 aliphatic carbocycles. The summed E-state index contributed by atoms with van der Waals surface area (Å²) in [5, 5.41) is 14.3. The minimum atomic E-state index is -0.798. The van der Waals surface area contributed by atoms with E-state index in [1.165, 1.54) is 0 Å². The molecule has 2 heterocycles. The number of hydroxylamine groups is 4. The molecule has 0 aromatic rings. The van der Waals surface area contributed by atoms with E-state index in [0.717, 1.165) is 0 Å². The summed E-state index contributed by atoms with van der Waals surface area (Å²) in [6.07, 6.45) is 0.774. The maximum atomic E-state index is 12.7. The van der Waals surface area contributed by atoms with E-state index >= 15 is 0 Å². The predicted molar refractivity (Wildman–Crippen MR) is 236 cm³/mol. The molecule has 0 radical (unpaired) electrons.